The van der Waals surface area contributed by atoms with Crippen LogP contribution < -0.4 is 4.74 Å². The molecular weight excluding hydrogens is 278 g/mol. The zero-order valence-corrected chi connectivity index (χ0v) is 11.6. The number of aliphatic hydroxyl groups excluding tert-OH is 1. The number of aromatic hydroxyl groups is 1. The predicted octanol–water partition coefficient (Wildman–Crippen LogP) is -0.0942. The molecular formula is C14H17NO6. The summed E-state index contributed by atoms with van der Waals surface area (Å²) in [5, 5.41) is 19.2. The number of hydrogen-bond donors (Lipinski definition) is 2. The third kappa shape index (κ3) is 3.43. The van der Waals surface area contributed by atoms with Gasteiger partial charge in [0.15, 0.2) is 18.1 Å². The number of likely N-dealkylation sites (tertiary alicyclic amines) is 1. The number of carbonyl (C=O) groups is 2. The van der Waals surface area contributed by atoms with Gasteiger partial charge in [0.2, 0.25) is 0 Å². The van der Waals surface area contributed by atoms with Gasteiger partial charge in [-0.25, -0.2) is 4.79 Å². The smallest absolute Gasteiger partial charge is 0.328 e. The fraction of sp³-hybridized carbons (Fsp3) is 0.429. The minimum Gasteiger partial charge on any atom is -0.504 e. The van der Waals surface area contributed by atoms with E-state index in [1.54, 1.807) is 12.1 Å². The van der Waals surface area contributed by atoms with E-state index in [1.807, 2.05) is 0 Å². The quantitative estimate of drug-likeness (QED) is 0.753. The molecule has 2 N–H and O–H groups in total. The molecule has 0 spiro atoms. The zero-order chi connectivity index (χ0) is 15.4. The summed E-state index contributed by atoms with van der Waals surface area (Å²) in [5.41, 5.74) is 0. The number of hydrogen-bond acceptors (Lipinski definition) is 6. The van der Waals surface area contributed by atoms with E-state index in [-0.39, 0.29) is 31.1 Å². The largest absolute Gasteiger partial charge is 0.504 e. The Bertz CT molecular complexity index is 532. The van der Waals surface area contributed by atoms with Crippen molar-refractivity contribution in [2.45, 2.75) is 18.6 Å². The molecule has 0 saturated carbocycles. The van der Waals surface area contributed by atoms with Gasteiger partial charge in [-0.05, 0) is 12.1 Å². The molecule has 0 radical (unpaired) electrons. The number of benzene rings is 1. The minimum absolute atomic E-state index is 0.0583. The second-order valence-corrected chi connectivity index (χ2v) is 4.73. The van der Waals surface area contributed by atoms with Crippen molar-refractivity contribution in [1.82, 2.24) is 4.90 Å². The predicted molar refractivity (Wildman–Crippen MR) is 71.7 cm³/mol. The number of carbonyl (C=O) groups excluding carboxylic acids is 2. The molecule has 1 amide bonds. The summed E-state index contributed by atoms with van der Waals surface area (Å²) in [6.45, 7) is -0.277. The number of amides is 1. The third-order valence-corrected chi connectivity index (χ3v) is 3.29. The highest BCUT2D eigenvalue weighted by molar-refractivity contribution is 5.86. The Morgan fingerprint density at radius 2 is 2.10 bits per heavy atom. The number of β-amino-alcohol motifs (C(OH)–C–C–N with tert-alkyl or cyclic N) is 1. The maximum atomic E-state index is 12.1. The first-order valence-electron chi connectivity index (χ1n) is 6.49. The molecule has 21 heavy (non-hydrogen) atoms. The van der Waals surface area contributed by atoms with E-state index in [4.69, 9.17) is 4.74 Å². The number of rotatable bonds is 4. The van der Waals surface area contributed by atoms with Crippen LogP contribution in [0.2, 0.25) is 0 Å². The van der Waals surface area contributed by atoms with Crippen molar-refractivity contribution >= 4 is 11.9 Å². The summed E-state index contributed by atoms with van der Waals surface area (Å²) in [6.07, 6.45) is -0.613. The Balaban J connectivity index is 1.99. The molecule has 7 nitrogen and oxygen atoms in total. The molecule has 1 fully saturated rings. The van der Waals surface area contributed by atoms with Gasteiger partial charge in [-0.2, -0.15) is 0 Å². The highest BCUT2D eigenvalue weighted by Gasteiger charge is 2.39. The maximum absolute atomic E-state index is 12.1. The highest BCUT2D eigenvalue weighted by atomic mass is 16.5. The maximum Gasteiger partial charge on any atom is 0.328 e. The molecule has 2 unspecified atom stereocenters. The summed E-state index contributed by atoms with van der Waals surface area (Å²) in [6, 6.07) is 5.46. The second-order valence-electron chi connectivity index (χ2n) is 4.73. The lowest BCUT2D eigenvalue weighted by Crippen LogP contribution is -2.43. The van der Waals surface area contributed by atoms with E-state index in [0.29, 0.717) is 0 Å². The molecule has 1 aliphatic rings. The van der Waals surface area contributed by atoms with Crippen LogP contribution in [-0.2, 0) is 14.3 Å². The van der Waals surface area contributed by atoms with Gasteiger partial charge >= 0.3 is 5.97 Å². The summed E-state index contributed by atoms with van der Waals surface area (Å²) >= 11 is 0. The average Bonchev–Trinajstić information content (AvgIpc) is 2.87. The summed E-state index contributed by atoms with van der Waals surface area (Å²) < 4.78 is 9.85. The third-order valence-electron chi connectivity index (χ3n) is 3.29. The molecule has 0 bridgehead atoms. The number of ether oxygens (including phenoxy) is 2. The van der Waals surface area contributed by atoms with Gasteiger partial charge in [-0.1, -0.05) is 12.1 Å². The van der Waals surface area contributed by atoms with Crippen molar-refractivity contribution in [2.75, 3.05) is 20.3 Å². The normalized spacial score (nSPS) is 21.1. The fourth-order valence-electron chi connectivity index (χ4n) is 2.25. The van der Waals surface area contributed by atoms with Crippen molar-refractivity contribution in [3.63, 3.8) is 0 Å². The summed E-state index contributed by atoms with van der Waals surface area (Å²) in [4.78, 5) is 24.9. The topological polar surface area (TPSA) is 96.3 Å². The van der Waals surface area contributed by atoms with Crippen LogP contribution in [0.25, 0.3) is 0 Å². The Morgan fingerprint density at radius 1 is 1.38 bits per heavy atom. The van der Waals surface area contributed by atoms with E-state index in [9.17, 15) is 19.8 Å². The van der Waals surface area contributed by atoms with E-state index >= 15 is 0 Å². The highest BCUT2D eigenvalue weighted by Crippen LogP contribution is 2.25. The molecule has 1 aliphatic heterocycles. The van der Waals surface area contributed by atoms with Gasteiger partial charge in [0, 0.05) is 13.0 Å². The van der Waals surface area contributed by atoms with E-state index in [1.165, 1.54) is 24.1 Å². The Kier molecular flexibility index (Phi) is 4.64. The van der Waals surface area contributed by atoms with E-state index in [0.717, 1.165) is 0 Å². The number of aliphatic hydroxyl groups is 1. The monoisotopic (exact) mass is 295 g/mol. The lowest BCUT2D eigenvalue weighted by molar-refractivity contribution is -0.151. The van der Waals surface area contributed by atoms with Gasteiger partial charge in [0.1, 0.15) is 6.04 Å². The molecule has 1 aromatic rings. The summed E-state index contributed by atoms with van der Waals surface area (Å²) in [7, 11) is 1.23. The molecule has 7 heteroatoms. The molecule has 2 atom stereocenters. The zero-order valence-electron chi connectivity index (χ0n) is 11.6. The van der Waals surface area contributed by atoms with Gasteiger partial charge in [0.25, 0.3) is 5.91 Å². The number of methoxy groups -OCH3 is 1. The van der Waals surface area contributed by atoms with Crippen molar-refractivity contribution in [3.8, 4) is 11.5 Å². The average molecular weight is 295 g/mol. The number of esters is 1. The Labute approximate surface area is 121 Å². The molecule has 1 saturated heterocycles. The first-order valence-corrected chi connectivity index (χ1v) is 6.49. The number of para-hydroxylation sites is 2. The second kappa shape index (κ2) is 6.45. The van der Waals surface area contributed by atoms with Gasteiger partial charge in [-0.3, -0.25) is 4.79 Å². The van der Waals surface area contributed by atoms with Crippen LogP contribution in [0.1, 0.15) is 6.42 Å². The van der Waals surface area contributed by atoms with Crippen LogP contribution in [-0.4, -0.2) is 59.4 Å². The number of phenolic OH excluding ortho intramolecular Hbond substituents is 1. The van der Waals surface area contributed by atoms with Crippen LogP contribution in [0.15, 0.2) is 24.3 Å². The standard InChI is InChI=1S/C14H17NO6/c1-20-14(19)10-6-9(16)7-15(10)13(18)8-21-12-5-3-2-4-11(12)17/h2-5,9-10,16-17H,6-8H2,1H3. The SMILES string of the molecule is COC(=O)C1CC(O)CN1C(=O)COc1ccccc1O. The van der Waals surface area contributed by atoms with Crippen LogP contribution >= 0.6 is 0 Å². The van der Waals surface area contributed by atoms with Crippen LogP contribution in [0.3, 0.4) is 0 Å². The van der Waals surface area contributed by atoms with Crippen LogP contribution in [0.4, 0.5) is 0 Å². The molecule has 2 rings (SSSR count). The van der Waals surface area contributed by atoms with Crippen molar-refractivity contribution in [3.05, 3.63) is 24.3 Å². The van der Waals surface area contributed by atoms with Crippen LogP contribution in [0, 0.1) is 0 Å². The van der Waals surface area contributed by atoms with Crippen molar-refractivity contribution in [1.29, 1.82) is 0 Å². The molecule has 0 aliphatic carbocycles. The number of nitrogens with zero attached hydrogens (tertiary/aromatic N) is 1. The van der Waals surface area contributed by atoms with Gasteiger partial charge in [-0.15, -0.1) is 0 Å². The minimum atomic E-state index is -0.800. The van der Waals surface area contributed by atoms with Crippen molar-refractivity contribution < 1.29 is 29.3 Å². The Hall–Kier alpha value is -2.28. The van der Waals surface area contributed by atoms with Crippen molar-refractivity contribution in [2.24, 2.45) is 0 Å². The lowest BCUT2D eigenvalue weighted by atomic mass is 10.2. The molecule has 1 aromatic carbocycles. The molecule has 1 heterocycles. The summed E-state index contributed by atoms with van der Waals surface area (Å²) in [5.74, 6) is -0.913. The first kappa shape index (κ1) is 15.1. The fourth-order valence-corrected chi connectivity index (χ4v) is 2.25. The van der Waals surface area contributed by atoms with Gasteiger partial charge in [0.05, 0.1) is 13.2 Å². The molecule has 114 valence electrons. The van der Waals surface area contributed by atoms with E-state index in [2.05, 4.69) is 4.74 Å². The number of phenols is 1. The Morgan fingerprint density at radius 3 is 2.76 bits per heavy atom. The molecule has 0 aromatic heterocycles. The first-order chi connectivity index (χ1) is 10.0. The van der Waals surface area contributed by atoms with E-state index < -0.39 is 24.0 Å². The van der Waals surface area contributed by atoms with Crippen LogP contribution in [0.5, 0.6) is 11.5 Å². The van der Waals surface area contributed by atoms with Gasteiger partial charge < -0.3 is 24.6 Å². The lowest BCUT2D eigenvalue weighted by Gasteiger charge is -2.22.